The van der Waals surface area contributed by atoms with Gasteiger partial charge in [0.05, 0.1) is 12.5 Å². The van der Waals surface area contributed by atoms with Gasteiger partial charge in [0, 0.05) is 20.2 Å². The fourth-order valence-electron chi connectivity index (χ4n) is 2.44. The normalized spacial score (nSPS) is 22.9. The Morgan fingerprint density at radius 2 is 2.39 bits per heavy atom. The van der Waals surface area contributed by atoms with E-state index in [0.29, 0.717) is 25.5 Å². The number of carbonyl (C=O) groups is 1. The molecule has 1 saturated heterocycles. The molecule has 1 aliphatic heterocycles. The molecule has 1 amide bonds. The molecule has 3 N–H and O–H groups in total. The zero-order chi connectivity index (χ0) is 13.5. The van der Waals surface area contributed by atoms with Crippen LogP contribution < -0.4 is 5.73 Å². The van der Waals surface area contributed by atoms with Crippen LogP contribution >= 0.6 is 0 Å². The van der Waals surface area contributed by atoms with Gasteiger partial charge in [-0.2, -0.15) is 0 Å². The summed E-state index contributed by atoms with van der Waals surface area (Å²) in [6, 6.07) is 0. The zero-order valence-electron chi connectivity index (χ0n) is 11.1. The molecule has 0 aromatic rings. The first-order valence-electron chi connectivity index (χ1n) is 6.39. The molecule has 0 bridgehead atoms. The molecule has 2 unspecified atom stereocenters. The van der Waals surface area contributed by atoms with Crippen LogP contribution in [0.3, 0.4) is 0 Å². The highest BCUT2D eigenvalue weighted by molar-refractivity contribution is 6.02. The highest BCUT2D eigenvalue weighted by Gasteiger charge is 2.30. The van der Waals surface area contributed by atoms with E-state index in [0.717, 1.165) is 19.4 Å². The van der Waals surface area contributed by atoms with Crippen molar-refractivity contribution in [3.05, 3.63) is 0 Å². The Hall–Kier alpha value is -1.30. The fourth-order valence-corrected chi connectivity index (χ4v) is 2.44. The summed E-state index contributed by atoms with van der Waals surface area (Å²) in [5, 5.41) is 11.6. The standard InChI is InChI=1S/C12H23N3O3/c1-3-10(11(13)14-17)12(16)15-6-4-5-9(7-15)8-18-2/h9-10,17H,3-8H2,1-2H3,(H2,13,14). The first-order chi connectivity index (χ1) is 8.63. The van der Waals surface area contributed by atoms with Crippen LogP contribution in [0.5, 0.6) is 0 Å². The number of hydrogen-bond donors (Lipinski definition) is 2. The number of nitrogens with two attached hydrogens (primary N) is 1. The lowest BCUT2D eigenvalue weighted by Gasteiger charge is -2.34. The van der Waals surface area contributed by atoms with E-state index >= 15 is 0 Å². The van der Waals surface area contributed by atoms with E-state index in [9.17, 15) is 4.79 Å². The van der Waals surface area contributed by atoms with Gasteiger partial charge in [0.15, 0.2) is 5.84 Å². The number of carbonyl (C=O) groups excluding carboxylic acids is 1. The first kappa shape index (κ1) is 14.8. The van der Waals surface area contributed by atoms with Crippen LogP contribution in [0.1, 0.15) is 26.2 Å². The third-order valence-corrected chi connectivity index (χ3v) is 3.41. The van der Waals surface area contributed by atoms with Crippen molar-refractivity contribution in [2.75, 3.05) is 26.8 Å². The quantitative estimate of drug-likeness (QED) is 0.327. The molecule has 2 atom stereocenters. The number of hydrogen-bond acceptors (Lipinski definition) is 4. The highest BCUT2D eigenvalue weighted by Crippen LogP contribution is 2.19. The first-order valence-corrected chi connectivity index (χ1v) is 6.39. The van der Waals surface area contributed by atoms with Gasteiger partial charge in [-0.1, -0.05) is 12.1 Å². The average molecular weight is 257 g/mol. The minimum Gasteiger partial charge on any atom is -0.409 e. The van der Waals surface area contributed by atoms with Gasteiger partial charge in [0.1, 0.15) is 0 Å². The SMILES string of the molecule is CCC(C(=O)N1CCCC(COC)C1)C(N)=NO. The molecule has 1 fully saturated rings. The Labute approximate surface area is 108 Å². The minimum atomic E-state index is -0.517. The van der Waals surface area contributed by atoms with Crippen molar-refractivity contribution in [2.24, 2.45) is 22.7 Å². The number of likely N-dealkylation sites (tertiary alicyclic amines) is 1. The van der Waals surface area contributed by atoms with E-state index in [1.165, 1.54) is 0 Å². The molecule has 6 heteroatoms. The van der Waals surface area contributed by atoms with Crippen LogP contribution in [0.4, 0.5) is 0 Å². The summed E-state index contributed by atoms with van der Waals surface area (Å²) >= 11 is 0. The number of oxime groups is 1. The van der Waals surface area contributed by atoms with Crippen LogP contribution in [0.25, 0.3) is 0 Å². The second-order valence-corrected chi connectivity index (χ2v) is 4.73. The average Bonchev–Trinajstić information content (AvgIpc) is 2.40. The van der Waals surface area contributed by atoms with Gasteiger partial charge in [-0.05, 0) is 25.2 Å². The van der Waals surface area contributed by atoms with Crippen LogP contribution in [0, 0.1) is 11.8 Å². The molecule has 0 aromatic heterocycles. The molecule has 18 heavy (non-hydrogen) atoms. The van der Waals surface area contributed by atoms with Gasteiger partial charge in [-0.25, -0.2) is 0 Å². The zero-order valence-corrected chi connectivity index (χ0v) is 11.1. The molecule has 0 spiro atoms. The van der Waals surface area contributed by atoms with Crippen molar-refractivity contribution in [3.8, 4) is 0 Å². The summed E-state index contributed by atoms with van der Waals surface area (Å²) in [6.45, 7) is 3.97. The maximum absolute atomic E-state index is 12.3. The topological polar surface area (TPSA) is 88.2 Å². The van der Waals surface area contributed by atoms with Gasteiger partial charge < -0.3 is 20.6 Å². The summed E-state index contributed by atoms with van der Waals surface area (Å²) < 4.78 is 5.14. The molecule has 0 saturated carbocycles. The molecule has 1 rings (SSSR count). The van der Waals surface area contributed by atoms with Crippen molar-refractivity contribution < 1.29 is 14.7 Å². The third-order valence-electron chi connectivity index (χ3n) is 3.41. The number of ether oxygens (including phenoxy) is 1. The molecule has 0 aliphatic carbocycles. The lowest BCUT2D eigenvalue weighted by Crippen LogP contribution is -2.47. The van der Waals surface area contributed by atoms with E-state index < -0.39 is 5.92 Å². The molecular weight excluding hydrogens is 234 g/mol. The van der Waals surface area contributed by atoms with E-state index in [2.05, 4.69) is 5.16 Å². The van der Waals surface area contributed by atoms with Crippen LogP contribution in [-0.2, 0) is 9.53 Å². The molecule has 0 radical (unpaired) electrons. The highest BCUT2D eigenvalue weighted by atomic mass is 16.5. The molecule has 1 aliphatic rings. The van der Waals surface area contributed by atoms with Crippen molar-refractivity contribution in [3.63, 3.8) is 0 Å². The molecule has 104 valence electrons. The second-order valence-electron chi connectivity index (χ2n) is 4.73. The Morgan fingerprint density at radius 1 is 1.67 bits per heavy atom. The van der Waals surface area contributed by atoms with Crippen LogP contribution in [0.2, 0.25) is 0 Å². The summed E-state index contributed by atoms with van der Waals surface area (Å²) in [6.07, 6.45) is 2.60. The lowest BCUT2D eigenvalue weighted by atomic mass is 9.96. The summed E-state index contributed by atoms with van der Waals surface area (Å²) in [7, 11) is 1.67. The van der Waals surface area contributed by atoms with Crippen LogP contribution in [-0.4, -0.2) is 48.7 Å². The largest absolute Gasteiger partial charge is 0.409 e. The van der Waals surface area contributed by atoms with Crippen LogP contribution in [0.15, 0.2) is 5.16 Å². The molecule has 6 nitrogen and oxygen atoms in total. The maximum atomic E-state index is 12.3. The Morgan fingerprint density at radius 3 is 2.94 bits per heavy atom. The minimum absolute atomic E-state index is 0.00337. The monoisotopic (exact) mass is 257 g/mol. The van der Waals surface area contributed by atoms with E-state index in [1.807, 2.05) is 6.92 Å². The third kappa shape index (κ3) is 3.60. The predicted octanol–water partition coefficient (Wildman–Crippen LogP) is 0.644. The van der Waals surface area contributed by atoms with Gasteiger partial charge in [0.2, 0.25) is 5.91 Å². The van der Waals surface area contributed by atoms with Crippen molar-refractivity contribution in [1.29, 1.82) is 0 Å². The van der Waals surface area contributed by atoms with Gasteiger partial charge in [-0.3, -0.25) is 4.79 Å². The number of piperidine rings is 1. The Balaban J connectivity index is 2.64. The van der Waals surface area contributed by atoms with E-state index in [4.69, 9.17) is 15.7 Å². The van der Waals surface area contributed by atoms with Gasteiger partial charge in [-0.15, -0.1) is 0 Å². The summed E-state index contributed by atoms with van der Waals surface area (Å²) in [5.74, 6) is -0.182. The predicted molar refractivity (Wildman–Crippen MR) is 68.4 cm³/mol. The number of nitrogens with zero attached hydrogens (tertiary/aromatic N) is 2. The van der Waals surface area contributed by atoms with Crippen molar-refractivity contribution in [1.82, 2.24) is 4.90 Å². The van der Waals surface area contributed by atoms with Gasteiger partial charge in [0.25, 0.3) is 0 Å². The molecular formula is C12H23N3O3. The summed E-state index contributed by atoms with van der Waals surface area (Å²) in [5.41, 5.74) is 5.56. The van der Waals surface area contributed by atoms with E-state index in [-0.39, 0.29) is 11.7 Å². The maximum Gasteiger partial charge on any atom is 0.233 e. The number of amidine groups is 1. The van der Waals surface area contributed by atoms with E-state index in [1.54, 1.807) is 12.0 Å². The lowest BCUT2D eigenvalue weighted by molar-refractivity contribution is -0.135. The molecule has 1 heterocycles. The number of amides is 1. The second kappa shape index (κ2) is 7.20. The Bertz CT molecular complexity index is 305. The van der Waals surface area contributed by atoms with Crippen molar-refractivity contribution in [2.45, 2.75) is 26.2 Å². The van der Waals surface area contributed by atoms with Crippen molar-refractivity contribution >= 4 is 11.7 Å². The Kier molecular flexibility index (Phi) is 5.91. The number of methoxy groups -OCH3 is 1. The summed E-state index contributed by atoms with van der Waals surface area (Å²) in [4.78, 5) is 14.1. The molecule has 0 aromatic carbocycles. The smallest absolute Gasteiger partial charge is 0.233 e. The van der Waals surface area contributed by atoms with Gasteiger partial charge >= 0.3 is 0 Å². The fraction of sp³-hybridized carbons (Fsp3) is 0.833. The number of rotatable bonds is 5.